The van der Waals surface area contributed by atoms with Gasteiger partial charge in [0.15, 0.2) is 6.61 Å². The van der Waals surface area contributed by atoms with E-state index in [1.165, 1.54) is 7.11 Å². The van der Waals surface area contributed by atoms with Gasteiger partial charge in [-0.3, -0.25) is 4.79 Å². The molecule has 35 heavy (non-hydrogen) atoms. The Kier molecular flexibility index (Phi) is 5.94. The van der Waals surface area contributed by atoms with E-state index in [1.54, 1.807) is 6.07 Å². The highest BCUT2D eigenvalue weighted by atomic mass is 16.6. The molecule has 0 saturated carbocycles. The fourth-order valence-electron chi connectivity index (χ4n) is 4.47. The molecule has 0 spiro atoms. The average molecular weight is 465 g/mol. The van der Waals surface area contributed by atoms with Crippen LogP contribution in [-0.4, -0.2) is 30.2 Å². The Balaban J connectivity index is 1.85. The molecule has 174 valence electrons. The van der Waals surface area contributed by atoms with Gasteiger partial charge < -0.3 is 19.8 Å². The Bertz CT molecular complexity index is 1540. The van der Waals surface area contributed by atoms with Crippen molar-refractivity contribution >= 4 is 33.7 Å². The molecule has 0 radical (unpaired) electrons. The number of hydrogen-bond donors (Lipinski definition) is 1. The van der Waals surface area contributed by atoms with E-state index in [0.717, 1.165) is 33.1 Å². The minimum absolute atomic E-state index is 0.256. The molecule has 0 aliphatic heterocycles. The summed E-state index contributed by atoms with van der Waals surface area (Å²) in [5.41, 5.74) is 11.0. The Morgan fingerprint density at radius 1 is 0.800 bits per heavy atom. The van der Waals surface area contributed by atoms with Gasteiger partial charge in [0, 0.05) is 17.5 Å². The zero-order chi connectivity index (χ0) is 24.4. The van der Waals surface area contributed by atoms with Crippen molar-refractivity contribution < 1.29 is 19.1 Å². The lowest BCUT2D eigenvalue weighted by Gasteiger charge is -2.12. The van der Waals surface area contributed by atoms with E-state index in [4.69, 9.17) is 15.2 Å². The van der Waals surface area contributed by atoms with Crippen LogP contribution in [0, 0.1) is 0 Å². The second-order valence-electron chi connectivity index (χ2n) is 8.24. The van der Waals surface area contributed by atoms with E-state index in [0.29, 0.717) is 23.2 Å². The van der Waals surface area contributed by atoms with E-state index in [1.807, 2.05) is 66.7 Å². The monoisotopic (exact) mass is 464 g/mol. The first-order chi connectivity index (χ1) is 17.1. The predicted octanol–water partition coefficient (Wildman–Crippen LogP) is 5.16. The molecule has 1 heterocycles. The molecule has 0 atom stereocenters. The zero-order valence-electron chi connectivity index (χ0n) is 19.2. The van der Waals surface area contributed by atoms with Crippen LogP contribution in [0.2, 0.25) is 0 Å². The lowest BCUT2D eigenvalue weighted by Crippen LogP contribution is -2.13. The molecule has 5 aromatic rings. The lowest BCUT2D eigenvalue weighted by atomic mass is 10.0. The summed E-state index contributed by atoms with van der Waals surface area (Å²) in [6, 6.07) is 29.5. The number of nitrogens with zero attached hydrogens (tertiary/aromatic N) is 1. The van der Waals surface area contributed by atoms with Gasteiger partial charge in [0.05, 0.1) is 23.5 Å². The van der Waals surface area contributed by atoms with Crippen molar-refractivity contribution in [3.63, 3.8) is 0 Å². The van der Waals surface area contributed by atoms with Gasteiger partial charge in [-0.25, -0.2) is 4.79 Å². The first-order valence-corrected chi connectivity index (χ1v) is 11.2. The Labute approximate surface area is 202 Å². The normalized spacial score (nSPS) is 11.0. The lowest BCUT2D eigenvalue weighted by molar-refractivity contribution is -0.142. The van der Waals surface area contributed by atoms with Gasteiger partial charge in [-0.05, 0) is 41.0 Å². The number of hydrogen-bond acceptors (Lipinski definition) is 4. The minimum atomic E-state index is -0.527. The molecule has 0 saturated heterocycles. The van der Waals surface area contributed by atoms with Crippen LogP contribution in [0.4, 0.5) is 0 Å². The first kappa shape index (κ1) is 22.2. The maximum absolute atomic E-state index is 12.4. The first-order valence-electron chi connectivity index (χ1n) is 11.2. The second kappa shape index (κ2) is 9.35. The predicted molar refractivity (Wildman–Crippen MR) is 136 cm³/mol. The van der Waals surface area contributed by atoms with Crippen LogP contribution in [-0.2, 0) is 16.1 Å². The maximum Gasteiger partial charge on any atom is 0.343 e. The van der Waals surface area contributed by atoms with E-state index in [2.05, 4.69) is 22.8 Å². The zero-order valence-corrected chi connectivity index (χ0v) is 19.2. The Hall–Kier alpha value is -4.58. The van der Waals surface area contributed by atoms with E-state index < -0.39 is 11.9 Å². The number of methoxy groups -OCH3 is 1. The SMILES string of the molecule is COC(=O)COc1cc(-c2ccccc2)cc2c1c1c(C(N)=O)cccc1n2Cc1ccccc1. The number of benzene rings is 4. The van der Waals surface area contributed by atoms with Gasteiger partial charge in [-0.2, -0.15) is 0 Å². The molecule has 1 aromatic heterocycles. The summed E-state index contributed by atoms with van der Waals surface area (Å²) in [7, 11) is 1.32. The third kappa shape index (κ3) is 4.22. The molecule has 0 fully saturated rings. The van der Waals surface area contributed by atoms with Gasteiger partial charge in [0.2, 0.25) is 5.91 Å². The largest absolute Gasteiger partial charge is 0.481 e. The summed E-state index contributed by atoms with van der Waals surface area (Å²) in [6.07, 6.45) is 0. The van der Waals surface area contributed by atoms with Gasteiger partial charge in [0.25, 0.3) is 0 Å². The summed E-state index contributed by atoms with van der Waals surface area (Å²) in [6.45, 7) is 0.325. The number of primary amides is 1. The summed E-state index contributed by atoms with van der Waals surface area (Å²) >= 11 is 0. The summed E-state index contributed by atoms with van der Waals surface area (Å²) in [5, 5.41) is 1.43. The topological polar surface area (TPSA) is 83.6 Å². The van der Waals surface area contributed by atoms with Crippen LogP contribution in [0.1, 0.15) is 15.9 Å². The van der Waals surface area contributed by atoms with Crippen molar-refractivity contribution in [3.05, 3.63) is 102 Å². The fraction of sp³-hybridized carbons (Fsp3) is 0.103. The average Bonchev–Trinajstić information content (AvgIpc) is 3.21. The number of fused-ring (bicyclic) bond motifs is 3. The van der Waals surface area contributed by atoms with E-state index in [9.17, 15) is 9.59 Å². The summed E-state index contributed by atoms with van der Waals surface area (Å²) in [5.74, 6) is -0.538. The van der Waals surface area contributed by atoms with Gasteiger partial charge in [0.1, 0.15) is 5.75 Å². The van der Waals surface area contributed by atoms with Crippen molar-refractivity contribution in [2.45, 2.75) is 6.54 Å². The van der Waals surface area contributed by atoms with Crippen molar-refractivity contribution in [3.8, 4) is 16.9 Å². The van der Waals surface area contributed by atoms with E-state index >= 15 is 0 Å². The van der Waals surface area contributed by atoms with Crippen molar-refractivity contribution in [1.82, 2.24) is 4.57 Å². The molecule has 0 aliphatic rings. The van der Waals surface area contributed by atoms with E-state index in [-0.39, 0.29) is 6.61 Å². The highest BCUT2D eigenvalue weighted by Crippen LogP contribution is 2.41. The number of aromatic nitrogens is 1. The minimum Gasteiger partial charge on any atom is -0.481 e. The quantitative estimate of drug-likeness (QED) is 0.337. The number of carbonyl (C=O) groups excluding carboxylic acids is 2. The number of amides is 1. The van der Waals surface area contributed by atoms with Crippen LogP contribution in [0.25, 0.3) is 32.9 Å². The smallest absolute Gasteiger partial charge is 0.343 e. The fourth-order valence-corrected chi connectivity index (χ4v) is 4.47. The number of rotatable bonds is 7. The van der Waals surface area contributed by atoms with Crippen LogP contribution < -0.4 is 10.5 Å². The van der Waals surface area contributed by atoms with Gasteiger partial charge in [-0.1, -0.05) is 66.7 Å². The Morgan fingerprint density at radius 3 is 2.20 bits per heavy atom. The molecule has 0 bridgehead atoms. The van der Waals surface area contributed by atoms with Crippen molar-refractivity contribution in [1.29, 1.82) is 0 Å². The molecular formula is C29H24N2O4. The van der Waals surface area contributed by atoms with Crippen molar-refractivity contribution in [2.75, 3.05) is 13.7 Å². The van der Waals surface area contributed by atoms with Crippen LogP contribution in [0.15, 0.2) is 91.0 Å². The standard InChI is InChI=1S/C29H24N2O4/c1-34-26(32)18-35-25-16-21(20-11-6-3-7-12-20)15-24-28(25)27-22(29(30)33)13-8-14-23(27)31(24)17-19-9-4-2-5-10-19/h2-16H,17-18H2,1H3,(H2,30,33). The molecular weight excluding hydrogens is 440 g/mol. The van der Waals surface area contributed by atoms with Crippen LogP contribution in [0.5, 0.6) is 5.75 Å². The number of carbonyl (C=O) groups is 2. The summed E-state index contributed by atoms with van der Waals surface area (Å²) in [4.78, 5) is 24.4. The highest BCUT2D eigenvalue weighted by Gasteiger charge is 2.21. The maximum atomic E-state index is 12.4. The van der Waals surface area contributed by atoms with Gasteiger partial charge >= 0.3 is 5.97 Å². The highest BCUT2D eigenvalue weighted by molar-refractivity contribution is 6.20. The second-order valence-corrected chi connectivity index (χ2v) is 8.24. The third-order valence-electron chi connectivity index (χ3n) is 6.08. The molecule has 4 aromatic carbocycles. The molecule has 0 aliphatic carbocycles. The van der Waals surface area contributed by atoms with Gasteiger partial charge in [-0.15, -0.1) is 0 Å². The number of nitrogens with two attached hydrogens (primary N) is 1. The summed E-state index contributed by atoms with van der Waals surface area (Å²) < 4.78 is 12.9. The van der Waals surface area contributed by atoms with Crippen LogP contribution >= 0.6 is 0 Å². The number of esters is 1. The number of ether oxygens (including phenoxy) is 2. The molecule has 2 N–H and O–H groups in total. The molecule has 1 amide bonds. The molecule has 6 nitrogen and oxygen atoms in total. The molecule has 5 rings (SSSR count). The Morgan fingerprint density at radius 2 is 1.51 bits per heavy atom. The third-order valence-corrected chi connectivity index (χ3v) is 6.08. The molecule has 6 heteroatoms. The molecule has 0 unspecified atom stereocenters. The van der Waals surface area contributed by atoms with Crippen LogP contribution in [0.3, 0.4) is 0 Å². The van der Waals surface area contributed by atoms with Crippen molar-refractivity contribution in [2.24, 2.45) is 5.73 Å².